The molecule has 6 nitrogen and oxygen atoms in total. The maximum Gasteiger partial charge on any atom is 0.341 e. The molecule has 1 aromatic carbocycles. The Morgan fingerprint density at radius 2 is 1.92 bits per heavy atom. The average molecular weight is 477 g/mol. The number of nitrogens with one attached hydrogen (secondary N) is 1. The molecule has 1 atom stereocenters. The second-order valence-electron chi connectivity index (χ2n) is 6.60. The fraction of sp³-hybridized carbons (Fsp3) is 0.579. The van der Waals surface area contributed by atoms with Crippen LogP contribution in [0.5, 0.6) is 5.75 Å². The molecule has 0 amide bonds. The van der Waals surface area contributed by atoms with Crippen molar-refractivity contribution in [2.45, 2.75) is 52.6 Å². The highest BCUT2D eigenvalue weighted by Crippen LogP contribution is 2.21. The SMILES string of the molecule is COC(=O)c1cc(CN=C(N)NC(C)CCCC(C)C)ccc1OC.I. The number of nitrogens with zero attached hydrogens (tertiary/aromatic N) is 1. The van der Waals surface area contributed by atoms with Crippen molar-refractivity contribution >= 4 is 35.9 Å². The fourth-order valence-corrected chi connectivity index (χ4v) is 2.50. The van der Waals surface area contributed by atoms with Gasteiger partial charge in [0.2, 0.25) is 0 Å². The smallest absolute Gasteiger partial charge is 0.341 e. The number of nitrogens with two attached hydrogens (primary N) is 1. The van der Waals surface area contributed by atoms with Gasteiger partial charge in [0.15, 0.2) is 5.96 Å². The fourth-order valence-electron chi connectivity index (χ4n) is 2.50. The molecule has 0 spiro atoms. The van der Waals surface area contributed by atoms with Crippen LogP contribution in [0.3, 0.4) is 0 Å². The van der Waals surface area contributed by atoms with E-state index in [0.717, 1.165) is 17.9 Å². The highest BCUT2D eigenvalue weighted by Gasteiger charge is 2.13. The lowest BCUT2D eigenvalue weighted by molar-refractivity contribution is 0.0597. The van der Waals surface area contributed by atoms with Crippen molar-refractivity contribution in [3.8, 4) is 5.75 Å². The van der Waals surface area contributed by atoms with Crippen LogP contribution in [0.2, 0.25) is 0 Å². The van der Waals surface area contributed by atoms with Gasteiger partial charge in [0.1, 0.15) is 11.3 Å². The first-order valence-corrected chi connectivity index (χ1v) is 8.69. The van der Waals surface area contributed by atoms with E-state index in [1.165, 1.54) is 27.1 Å². The zero-order chi connectivity index (χ0) is 18.8. The van der Waals surface area contributed by atoms with Crippen molar-refractivity contribution in [1.82, 2.24) is 5.32 Å². The van der Waals surface area contributed by atoms with Crippen molar-refractivity contribution in [1.29, 1.82) is 0 Å². The Morgan fingerprint density at radius 1 is 1.23 bits per heavy atom. The second-order valence-corrected chi connectivity index (χ2v) is 6.60. The van der Waals surface area contributed by atoms with Gasteiger partial charge in [-0.25, -0.2) is 9.79 Å². The summed E-state index contributed by atoms with van der Waals surface area (Å²) in [7, 11) is 2.86. The van der Waals surface area contributed by atoms with Crippen molar-refractivity contribution in [2.24, 2.45) is 16.6 Å². The molecule has 7 heteroatoms. The standard InChI is InChI=1S/C19H31N3O3.HI/c1-13(2)7-6-8-14(3)22-19(20)21-12-15-9-10-17(24-4)16(11-15)18(23)25-5;/h9-11,13-14H,6-8,12H2,1-5H3,(H3,20,21,22);1H. The van der Waals surface area contributed by atoms with E-state index in [0.29, 0.717) is 23.8 Å². The molecule has 0 saturated carbocycles. The molecule has 0 heterocycles. The third kappa shape index (κ3) is 8.73. The lowest BCUT2D eigenvalue weighted by Crippen LogP contribution is -2.38. The van der Waals surface area contributed by atoms with Crippen LogP contribution < -0.4 is 15.8 Å². The first-order valence-electron chi connectivity index (χ1n) is 8.69. The van der Waals surface area contributed by atoms with Gasteiger partial charge in [-0.3, -0.25) is 0 Å². The third-order valence-corrected chi connectivity index (χ3v) is 3.91. The van der Waals surface area contributed by atoms with Crippen molar-refractivity contribution in [3.63, 3.8) is 0 Å². The minimum Gasteiger partial charge on any atom is -0.496 e. The van der Waals surface area contributed by atoms with Gasteiger partial charge in [-0.05, 0) is 37.0 Å². The summed E-state index contributed by atoms with van der Waals surface area (Å²) in [6, 6.07) is 5.58. The molecule has 0 aromatic heterocycles. The zero-order valence-corrected chi connectivity index (χ0v) is 18.7. The molecule has 0 aliphatic carbocycles. The zero-order valence-electron chi connectivity index (χ0n) is 16.4. The minimum absolute atomic E-state index is 0. The van der Waals surface area contributed by atoms with Crippen LogP contribution in [0.25, 0.3) is 0 Å². The summed E-state index contributed by atoms with van der Waals surface area (Å²) in [6.45, 7) is 6.94. The Morgan fingerprint density at radius 3 is 2.50 bits per heavy atom. The van der Waals surface area contributed by atoms with Gasteiger partial charge in [-0.15, -0.1) is 24.0 Å². The van der Waals surface area contributed by atoms with E-state index in [2.05, 4.69) is 31.1 Å². The van der Waals surface area contributed by atoms with E-state index in [1.54, 1.807) is 12.1 Å². The van der Waals surface area contributed by atoms with Crippen LogP contribution in [0.1, 0.15) is 56.0 Å². The first-order chi connectivity index (χ1) is 11.9. The maximum absolute atomic E-state index is 11.8. The number of carbonyl (C=O) groups excluding carboxylic acids is 1. The Kier molecular flexibility index (Phi) is 12.0. The van der Waals surface area contributed by atoms with Crippen LogP contribution >= 0.6 is 24.0 Å². The number of esters is 1. The van der Waals surface area contributed by atoms with Crippen molar-refractivity contribution in [3.05, 3.63) is 29.3 Å². The monoisotopic (exact) mass is 477 g/mol. The van der Waals surface area contributed by atoms with Gasteiger partial charge in [-0.2, -0.15) is 0 Å². The lowest BCUT2D eigenvalue weighted by Gasteiger charge is -2.15. The minimum atomic E-state index is -0.437. The average Bonchev–Trinajstić information content (AvgIpc) is 2.58. The van der Waals surface area contributed by atoms with Crippen LogP contribution in [-0.4, -0.2) is 32.2 Å². The second kappa shape index (κ2) is 12.8. The molecule has 26 heavy (non-hydrogen) atoms. The van der Waals surface area contributed by atoms with Crippen LogP contribution in [-0.2, 0) is 11.3 Å². The molecule has 0 bridgehead atoms. The summed E-state index contributed by atoms with van der Waals surface area (Å²) < 4.78 is 9.96. The first kappa shape index (κ1) is 24.5. The summed E-state index contributed by atoms with van der Waals surface area (Å²) in [4.78, 5) is 16.2. The summed E-state index contributed by atoms with van der Waals surface area (Å²) in [5.41, 5.74) is 7.20. The van der Waals surface area contributed by atoms with E-state index >= 15 is 0 Å². The number of ether oxygens (including phenoxy) is 2. The number of methoxy groups -OCH3 is 2. The number of hydrogen-bond acceptors (Lipinski definition) is 4. The molecule has 148 valence electrons. The molecule has 1 unspecified atom stereocenters. The Bertz CT molecular complexity index is 591. The summed E-state index contributed by atoms with van der Waals surface area (Å²) >= 11 is 0. The molecule has 1 aromatic rings. The number of aliphatic imine (C=N–C) groups is 1. The van der Waals surface area contributed by atoms with Crippen LogP contribution in [0, 0.1) is 5.92 Å². The highest BCUT2D eigenvalue weighted by atomic mass is 127. The van der Waals surface area contributed by atoms with Crippen molar-refractivity contribution < 1.29 is 14.3 Å². The predicted molar refractivity (Wildman–Crippen MR) is 116 cm³/mol. The molecule has 0 fully saturated rings. The Hall–Kier alpha value is -1.51. The van der Waals surface area contributed by atoms with E-state index in [1.807, 2.05) is 6.07 Å². The van der Waals surface area contributed by atoms with Gasteiger partial charge in [0.25, 0.3) is 0 Å². The number of guanidine groups is 1. The Balaban J connectivity index is 0.00000625. The summed E-state index contributed by atoms with van der Waals surface area (Å²) in [6.07, 6.45) is 3.44. The molecular formula is C19H32IN3O3. The van der Waals surface area contributed by atoms with E-state index in [4.69, 9.17) is 15.2 Å². The van der Waals surface area contributed by atoms with Gasteiger partial charge >= 0.3 is 5.97 Å². The molecule has 0 aliphatic heterocycles. The third-order valence-electron chi connectivity index (χ3n) is 3.91. The molecular weight excluding hydrogens is 445 g/mol. The normalized spacial score (nSPS) is 12.3. The molecule has 3 N–H and O–H groups in total. The van der Waals surface area contributed by atoms with Gasteiger partial charge < -0.3 is 20.5 Å². The van der Waals surface area contributed by atoms with Crippen LogP contribution in [0.4, 0.5) is 0 Å². The van der Waals surface area contributed by atoms with E-state index in [9.17, 15) is 4.79 Å². The predicted octanol–water partition coefficient (Wildman–Crippen LogP) is 3.72. The highest BCUT2D eigenvalue weighted by molar-refractivity contribution is 14.0. The van der Waals surface area contributed by atoms with Crippen LogP contribution in [0.15, 0.2) is 23.2 Å². The molecule has 0 saturated heterocycles. The summed E-state index contributed by atoms with van der Waals surface area (Å²) in [5.74, 6) is 1.17. The quantitative estimate of drug-likeness (QED) is 0.245. The van der Waals surface area contributed by atoms with Gasteiger partial charge in [0.05, 0.1) is 20.8 Å². The number of rotatable bonds is 9. The molecule has 0 radical (unpaired) electrons. The van der Waals surface area contributed by atoms with Gasteiger partial charge in [0, 0.05) is 6.04 Å². The largest absolute Gasteiger partial charge is 0.496 e. The summed E-state index contributed by atoms with van der Waals surface area (Å²) in [5, 5.41) is 3.21. The Labute approximate surface area is 173 Å². The number of halogens is 1. The van der Waals surface area contributed by atoms with E-state index < -0.39 is 5.97 Å². The molecule has 1 rings (SSSR count). The maximum atomic E-state index is 11.8. The lowest BCUT2D eigenvalue weighted by atomic mass is 10.0. The topological polar surface area (TPSA) is 85.9 Å². The van der Waals surface area contributed by atoms with Gasteiger partial charge in [-0.1, -0.05) is 32.8 Å². The molecule has 0 aliphatic rings. The van der Waals surface area contributed by atoms with E-state index in [-0.39, 0.29) is 30.0 Å². The number of hydrogen-bond donors (Lipinski definition) is 2. The van der Waals surface area contributed by atoms with Crippen molar-refractivity contribution in [2.75, 3.05) is 14.2 Å². The number of benzene rings is 1. The number of carbonyl (C=O) groups is 1.